The summed E-state index contributed by atoms with van der Waals surface area (Å²) in [7, 11) is 0. The van der Waals surface area contributed by atoms with E-state index >= 15 is 0 Å². The Morgan fingerprint density at radius 1 is 0.769 bits per heavy atom. The summed E-state index contributed by atoms with van der Waals surface area (Å²) in [4.78, 5) is 26.7. The maximum Gasteiger partial charge on any atom is 0.198 e. The minimum Gasteiger partial charge on any atom is -0.508 e. The predicted octanol–water partition coefficient (Wildman–Crippen LogP) is 8.19. The molecule has 0 aliphatic heterocycles. The minimum atomic E-state index is -0.142. The molecule has 0 unspecified atom stereocenters. The highest BCUT2D eigenvalue weighted by atomic mass is 16.5. The summed E-state index contributed by atoms with van der Waals surface area (Å²) in [5, 5.41) is 12.0. The minimum absolute atomic E-state index is 0.109. The van der Waals surface area contributed by atoms with E-state index in [1.165, 1.54) is 6.92 Å². The molecule has 0 heterocycles. The van der Waals surface area contributed by atoms with Gasteiger partial charge in [-0.15, -0.1) is 0 Å². The van der Waals surface area contributed by atoms with Crippen LogP contribution in [0.1, 0.15) is 45.1 Å². The first-order valence-electron chi connectivity index (χ1n) is 12.8. The second-order valence-corrected chi connectivity index (χ2v) is 9.89. The summed E-state index contributed by atoms with van der Waals surface area (Å²) >= 11 is 0. The maximum absolute atomic E-state index is 14.2. The molecule has 6 rings (SSSR count). The highest BCUT2D eigenvalue weighted by molar-refractivity contribution is 6.25. The average Bonchev–Trinajstić information content (AvgIpc) is 2.94. The Morgan fingerprint density at radius 3 is 2.21 bits per heavy atom. The number of phenols is 1. The molecule has 1 aliphatic carbocycles. The molecule has 0 aromatic heterocycles. The number of hydrogen-bond donors (Lipinski definition) is 1. The van der Waals surface area contributed by atoms with Gasteiger partial charge < -0.3 is 9.84 Å². The van der Waals surface area contributed by atoms with E-state index in [4.69, 9.17) is 4.74 Å². The van der Waals surface area contributed by atoms with E-state index in [1.54, 1.807) is 24.3 Å². The number of fused-ring (bicyclic) bond motifs is 3. The molecular formula is C35H26O4. The van der Waals surface area contributed by atoms with Crippen LogP contribution >= 0.6 is 0 Å². The number of allylic oxidation sites excluding steroid dienone is 1. The van der Waals surface area contributed by atoms with E-state index in [1.807, 2.05) is 86.6 Å². The Kier molecular flexibility index (Phi) is 5.88. The summed E-state index contributed by atoms with van der Waals surface area (Å²) in [6.07, 6.45) is 1.61. The lowest BCUT2D eigenvalue weighted by Gasteiger charge is -2.28. The molecule has 0 atom stereocenters. The van der Waals surface area contributed by atoms with Crippen molar-refractivity contribution in [2.45, 2.75) is 20.8 Å². The van der Waals surface area contributed by atoms with Crippen LogP contribution in [0.15, 0.2) is 97.1 Å². The number of phenolic OH excluding ortho intramolecular Hbond substituents is 1. The number of rotatable bonds is 4. The number of ether oxygens (including phenoxy) is 1. The molecular weight excluding hydrogens is 484 g/mol. The molecule has 1 aliphatic rings. The van der Waals surface area contributed by atoms with Crippen LogP contribution in [-0.4, -0.2) is 16.7 Å². The summed E-state index contributed by atoms with van der Waals surface area (Å²) in [5.41, 5.74) is 6.77. The standard InChI is InChI=1S/C35H26O4/c1-20-16-17-23(37)19-29(20)26-14-9-15-28-31(26)22(3)32-30(18-21(2)36)25-12-7-8-13-27(25)34(38)33(32)35(28)39-24-10-5-4-6-11-24/h4-19,37H,1-3H3/b30-18-. The van der Waals surface area contributed by atoms with E-state index in [2.05, 4.69) is 0 Å². The monoisotopic (exact) mass is 510 g/mol. The zero-order chi connectivity index (χ0) is 27.3. The lowest BCUT2D eigenvalue weighted by molar-refractivity contribution is -0.112. The van der Waals surface area contributed by atoms with Crippen molar-refractivity contribution in [2.75, 3.05) is 0 Å². The second-order valence-electron chi connectivity index (χ2n) is 9.89. The van der Waals surface area contributed by atoms with E-state index in [-0.39, 0.29) is 17.3 Å². The Labute approximate surface area is 226 Å². The molecule has 190 valence electrons. The van der Waals surface area contributed by atoms with Crippen LogP contribution in [0.3, 0.4) is 0 Å². The molecule has 0 spiro atoms. The largest absolute Gasteiger partial charge is 0.508 e. The molecule has 4 nitrogen and oxygen atoms in total. The van der Waals surface area contributed by atoms with Crippen molar-refractivity contribution in [3.8, 4) is 28.4 Å². The van der Waals surface area contributed by atoms with Gasteiger partial charge in [-0.25, -0.2) is 0 Å². The average molecular weight is 511 g/mol. The van der Waals surface area contributed by atoms with Gasteiger partial charge in [0.2, 0.25) is 0 Å². The summed E-state index contributed by atoms with van der Waals surface area (Å²) in [6.45, 7) is 5.51. The second kappa shape index (κ2) is 9.41. The third-order valence-corrected chi connectivity index (χ3v) is 7.32. The van der Waals surface area contributed by atoms with Crippen LogP contribution in [0.5, 0.6) is 17.2 Å². The van der Waals surface area contributed by atoms with E-state index in [0.29, 0.717) is 33.8 Å². The smallest absolute Gasteiger partial charge is 0.198 e. The maximum atomic E-state index is 14.2. The van der Waals surface area contributed by atoms with Gasteiger partial charge in [0.05, 0.1) is 5.56 Å². The SMILES string of the molecule is CC(=O)/C=C1/c2ccccc2C(=O)c2c1c(C)c1c(-c3cc(O)ccc3C)cccc1c2Oc1ccccc1. The molecule has 4 heteroatoms. The fourth-order valence-corrected chi connectivity index (χ4v) is 5.64. The van der Waals surface area contributed by atoms with Crippen molar-refractivity contribution in [3.05, 3.63) is 130 Å². The van der Waals surface area contributed by atoms with Gasteiger partial charge in [0.25, 0.3) is 0 Å². The molecule has 0 saturated heterocycles. The van der Waals surface area contributed by atoms with Crippen LogP contribution in [-0.2, 0) is 4.79 Å². The molecule has 39 heavy (non-hydrogen) atoms. The van der Waals surface area contributed by atoms with Gasteiger partial charge in [-0.3, -0.25) is 9.59 Å². The van der Waals surface area contributed by atoms with Crippen molar-refractivity contribution in [3.63, 3.8) is 0 Å². The van der Waals surface area contributed by atoms with Gasteiger partial charge in [-0.1, -0.05) is 66.7 Å². The highest BCUT2D eigenvalue weighted by Crippen LogP contribution is 2.49. The zero-order valence-corrected chi connectivity index (χ0v) is 21.9. The lowest BCUT2D eigenvalue weighted by atomic mass is 9.76. The van der Waals surface area contributed by atoms with E-state index < -0.39 is 0 Å². The number of ketones is 2. The third kappa shape index (κ3) is 4.02. The van der Waals surface area contributed by atoms with Crippen LogP contribution in [0.4, 0.5) is 0 Å². The van der Waals surface area contributed by atoms with Crippen LogP contribution in [0.25, 0.3) is 27.5 Å². The number of aromatic hydroxyl groups is 1. The molecule has 0 amide bonds. The van der Waals surface area contributed by atoms with Crippen LogP contribution in [0.2, 0.25) is 0 Å². The summed E-state index contributed by atoms with van der Waals surface area (Å²) in [6, 6.07) is 28.0. The lowest BCUT2D eigenvalue weighted by Crippen LogP contribution is -2.18. The molecule has 5 aromatic rings. The summed E-state index contributed by atoms with van der Waals surface area (Å²) < 4.78 is 6.55. The Balaban J connectivity index is 1.80. The molecule has 0 saturated carbocycles. The normalized spacial score (nSPS) is 13.3. The first-order chi connectivity index (χ1) is 18.8. The Bertz CT molecular complexity index is 1840. The van der Waals surface area contributed by atoms with Gasteiger partial charge >= 0.3 is 0 Å². The van der Waals surface area contributed by atoms with Crippen LogP contribution in [0, 0.1) is 13.8 Å². The topological polar surface area (TPSA) is 63.6 Å². The van der Waals surface area contributed by atoms with E-state index in [9.17, 15) is 14.7 Å². The molecule has 0 radical (unpaired) electrons. The molecule has 0 bridgehead atoms. The first kappa shape index (κ1) is 24.4. The van der Waals surface area contributed by atoms with Gasteiger partial charge in [0.15, 0.2) is 11.6 Å². The number of carbonyl (C=O) groups is 2. The zero-order valence-electron chi connectivity index (χ0n) is 21.9. The fraction of sp³-hybridized carbons (Fsp3) is 0.0857. The number of carbonyl (C=O) groups excluding carboxylic acids is 2. The van der Waals surface area contributed by atoms with Gasteiger partial charge in [-0.2, -0.15) is 0 Å². The predicted molar refractivity (Wildman–Crippen MR) is 155 cm³/mol. The van der Waals surface area contributed by atoms with Gasteiger partial charge in [-0.05, 0) is 89.9 Å². The van der Waals surface area contributed by atoms with Crippen molar-refractivity contribution in [1.82, 2.24) is 0 Å². The number of aryl methyl sites for hydroxylation is 2. The van der Waals surface area contributed by atoms with Crippen LogP contribution < -0.4 is 4.74 Å². The van der Waals surface area contributed by atoms with Crippen molar-refractivity contribution in [1.29, 1.82) is 0 Å². The third-order valence-electron chi connectivity index (χ3n) is 7.32. The van der Waals surface area contributed by atoms with Crippen molar-refractivity contribution >= 4 is 27.9 Å². The Hall–Kier alpha value is -4.96. The summed E-state index contributed by atoms with van der Waals surface area (Å²) in [5.74, 6) is 0.974. The first-order valence-corrected chi connectivity index (χ1v) is 12.8. The fourth-order valence-electron chi connectivity index (χ4n) is 5.64. The highest BCUT2D eigenvalue weighted by Gasteiger charge is 2.34. The number of hydrogen-bond acceptors (Lipinski definition) is 4. The Morgan fingerprint density at radius 2 is 1.46 bits per heavy atom. The number of benzene rings is 5. The van der Waals surface area contributed by atoms with Crippen molar-refractivity contribution < 1.29 is 19.4 Å². The molecule has 5 aromatic carbocycles. The number of para-hydroxylation sites is 1. The van der Waals surface area contributed by atoms with Gasteiger partial charge in [0.1, 0.15) is 17.2 Å². The van der Waals surface area contributed by atoms with Crippen molar-refractivity contribution in [2.24, 2.45) is 0 Å². The quantitative estimate of drug-likeness (QED) is 0.243. The molecule has 1 N–H and O–H groups in total. The molecule has 0 fully saturated rings. The van der Waals surface area contributed by atoms with E-state index in [0.717, 1.165) is 38.6 Å². The van der Waals surface area contributed by atoms with Gasteiger partial charge in [0, 0.05) is 16.5 Å².